The van der Waals surface area contributed by atoms with Gasteiger partial charge in [-0.2, -0.15) is 0 Å². The van der Waals surface area contributed by atoms with Gasteiger partial charge in [0.1, 0.15) is 12.2 Å². The predicted octanol–water partition coefficient (Wildman–Crippen LogP) is 0.586. The van der Waals surface area contributed by atoms with Crippen molar-refractivity contribution in [2.75, 3.05) is 218 Å². The number of ether oxygens (including phenoxy) is 17. The summed E-state index contributed by atoms with van der Waals surface area (Å²) in [7, 11) is 0. The molecule has 0 aliphatic carbocycles. The number of hydrogen-bond donors (Lipinski definition) is 1. The molecule has 19 heteroatoms. The van der Waals surface area contributed by atoms with Crippen LogP contribution in [0.3, 0.4) is 0 Å². The molecule has 0 saturated carbocycles. The molecule has 57 heavy (non-hydrogen) atoms. The van der Waals surface area contributed by atoms with Crippen LogP contribution in [0.1, 0.15) is 20.8 Å². The van der Waals surface area contributed by atoms with Crippen molar-refractivity contribution in [1.29, 1.82) is 0 Å². The molecule has 0 amide bonds. The van der Waals surface area contributed by atoms with E-state index in [9.17, 15) is 4.79 Å². The van der Waals surface area contributed by atoms with Crippen LogP contribution < -0.4 is 0 Å². The Morgan fingerprint density at radius 1 is 0.298 bits per heavy atom. The first-order valence-corrected chi connectivity index (χ1v) is 20.0. The van der Waals surface area contributed by atoms with Crippen molar-refractivity contribution in [3.05, 3.63) is 0 Å². The monoisotopic (exact) mass is 836 g/mol. The molecule has 0 radical (unpaired) electrons. The van der Waals surface area contributed by atoms with Crippen molar-refractivity contribution in [3.8, 4) is 0 Å². The van der Waals surface area contributed by atoms with E-state index in [1.807, 2.05) is 20.8 Å². The van der Waals surface area contributed by atoms with Gasteiger partial charge in [-0.3, -0.25) is 0 Å². The molecule has 0 saturated heterocycles. The van der Waals surface area contributed by atoms with Gasteiger partial charge in [0.2, 0.25) is 0 Å². The zero-order chi connectivity index (χ0) is 41.4. The molecule has 0 aromatic heterocycles. The van der Waals surface area contributed by atoms with Crippen LogP contribution in [0.5, 0.6) is 0 Å². The van der Waals surface area contributed by atoms with Gasteiger partial charge in [0, 0.05) is 0 Å². The number of aliphatic hydroxyl groups excluding tert-OH is 1. The van der Waals surface area contributed by atoms with Crippen molar-refractivity contribution < 1.29 is 90.4 Å². The van der Waals surface area contributed by atoms with Gasteiger partial charge in [-0.15, -0.1) is 0 Å². The molecule has 0 aromatic rings. The topological polar surface area (TPSA) is 194 Å². The Morgan fingerprint density at radius 3 is 0.614 bits per heavy atom. The molecule has 0 aromatic carbocycles. The lowest BCUT2D eigenvalue weighted by Crippen LogP contribution is -2.27. The first-order valence-electron chi connectivity index (χ1n) is 20.0. The highest BCUT2D eigenvalue weighted by atomic mass is 16.6. The molecule has 0 aliphatic heterocycles. The van der Waals surface area contributed by atoms with Crippen LogP contribution in [0.15, 0.2) is 0 Å². The Morgan fingerprint density at radius 2 is 0.456 bits per heavy atom. The molecule has 0 aliphatic rings. The Hall–Kier alpha value is -1.21. The summed E-state index contributed by atoms with van der Waals surface area (Å²) >= 11 is 0. The van der Waals surface area contributed by atoms with Crippen LogP contribution in [0.2, 0.25) is 0 Å². The largest absolute Gasteiger partial charge is 0.458 e. The molecule has 342 valence electrons. The van der Waals surface area contributed by atoms with E-state index in [-0.39, 0.29) is 13.2 Å². The molecule has 0 heterocycles. The summed E-state index contributed by atoms with van der Waals surface area (Å²) in [6, 6.07) is 0. The maximum Gasteiger partial charge on any atom is 0.332 e. The number of rotatable bonds is 49. The third-order valence-electron chi connectivity index (χ3n) is 6.46. The summed E-state index contributed by atoms with van der Waals surface area (Å²) in [6.45, 7) is 19.9. The second-order valence-corrected chi connectivity index (χ2v) is 12.5. The SMILES string of the molecule is CC(C)(C)OC(=O)COCCOCCOCCOCCOCCOCCOCCOCCOCCOCCOCCOCCOCCOCCOCCOCCO. The van der Waals surface area contributed by atoms with E-state index in [4.69, 9.17) is 85.6 Å². The van der Waals surface area contributed by atoms with Gasteiger partial charge in [-0.05, 0) is 20.8 Å². The first-order chi connectivity index (χ1) is 28.0. The molecule has 0 fully saturated rings. The van der Waals surface area contributed by atoms with Gasteiger partial charge in [0.25, 0.3) is 0 Å². The Balaban J connectivity index is 3.09. The van der Waals surface area contributed by atoms with E-state index in [1.54, 1.807) is 0 Å². The Bertz CT molecular complexity index is 777. The smallest absolute Gasteiger partial charge is 0.332 e. The minimum absolute atomic E-state index is 0.0195. The summed E-state index contributed by atoms with van der Waals surface area (Å²) in [4.78, 5) is 11.5. The van der Waals surface area contributed by atoms with Gasteiger partial charge in [0.15, 0.2) is 0 Å². The second-order valence-electron chi connectivity index (χ2n) is 12.5. The van der Waals surface area contributed by atoms with Gasteiger partial charge >= 0.3 is 5.97 Å². The van der Waals surface area contributed by atoms with Crippen molar-refractivity contribution in [1.82, 2.24) is 0 Å². The summed E-state index contributed by atoms with van der Waals surface area (Å²) in [5.74, 6) is -0.391. The quantitative estimate of drug-likeness (QED) is 0.0660. The van der Waals surface area contributed by atoms with Gasteiger partial charge in [0.05, 0.1) is 211 Å². The summed E-state index contributed by atoms with van der Waals surface area (Å²) in [5, 5.41) is 8.59. The molecule has 0 atom stereocenters. The molecular formula is C38H76O19. The number of aliphatic hydroxyl groups is 1. The fourth-order valence-corrected chi connectivity index (χ4v) is 3.89. The zero-order valence-corrected chi connectivity index (χ0v) is 35.1. The first kappa shape index (κ1) is 55.8. The fourth-order valence-electron chi connectivity index (χ4n) is 3.89. The van der Waals surface area contributed by atoms with Crippen molar-refractivity contribution in [3.63, 3.8) is 0 Å². The van der Waals surface area contributed by atoms with E-state index in [0.717, 1.165) is 0 Å². The molecule has 0 rings (SSSR count). The summed E-state index contributed by atoms with van der Waals surface area (Å²) in [6.07, 6.45) is 0. The van der Waals surface area contributed by atoms with E-state index >= 15 is 0 Å². The van der Waals surface area contributed by atoms with Crippen molar-refractivity contribution in [2.24, 2.45) is 0 Å². The number of esters is 1. The molecule has 0 bridgehead atoms. The normalized spacial score (nSPS) is 11.9. The zero-order valence-electron chi connectivity index (χ0n) is 35.1. The van der Waals surface area contributed by atoms with Crippen LogP contribution in [0, 0.1) is 0 Å². The van der Waals surface area contributed by atoms with Crippen LogP contribution in [0.4, 0.5) is 0 Å². The van der Waals surface area contributed by atoms with E-state index < -0.39 is 11.6 Å². The lowest BCUT2D eigenvalue weighted by atomic mass is 10.2. The third kappa shape index (κ3) is 52.8. The van der Waals surface area contributed by atoms with E-state index in [0.29, 0.717) is 205 Å². The lowest BCUT2D eigenvalue weighted by molar-refractivity contribution is -0.160. The minimum Gasteiger partial charge on any atom is -0.458 e. The van der Waals surface area contributed by atoms with E-state index in [1.165, 1.54) is 0 Å². The second kappa shape index (κ2) is 47.5. The van der Waals surface area contributed by atoms with Crippen LogP contribution >= 0.6 is 0 Å². The fraction of sp³-hybridized carbons (Fsp3) is 0.974. The average Bonchev–Trinajstić information content (AvgIpc) is 3.18. The molecule has 1 N–H and O–H groups in total. The summed E-state index contributed by atoms with van der Waals surface area (Å²) < 4.78 is 91.8. The van der Waals surface area contributed by atoms with Gasteiger partial charge in [-0.25, -0.2) is 4.79 Å². The lowest BCUT2D eigenvalue weighted by Gasteiger charge is -2.19. The van der Waals surface area contributed by atoms with Crippen LogP contribution in [0.25, 0.3) is 0 Å². The van der Waals surface area contributed by atoms with E-state index in [2.05, 4.69) is 0 Å². The van der Waals surface area contributed by atoms with Crippen molar-refractivity contribution >= 4 is 5.97 Å². The van der Waals surface area contributed by atoms with Crippen LogP contribution in [-0.4, -0.2) is 235 Å². The minimum atomic E-state index is -0.516. The highest BCUT2D eigenvalue weighted by Crippen LogP contribution is 2.06. The number of hydrogen-bond acceptors (Lipinski definition) is 19. The molecular weight excluding hydrogens is 760 g/mol. The van der Waals surface area contributed by atoms with Crippen molar-refractivity contribution in [2.45, 2.75) is 26.4 Å². The number of carbonyl (C=O) groups is 1. The highest BCUT2D eigenvalue weighted by molar-refractivity contribution is 5.71. The third-order valence-corrected chi connectivity index (χ3v) is 6.46. The summed E-state index contributed by atoms with van der Waals surface area (Å²) in [5.41, 5.74) is -0.516. The van der Waals surface area contributed by atoms with Gasteiger partial charge < -0.3 is 85.6 Å². The van der Waals surface area contributed by atoms with Gasteiger partial charge in [-0.1, -0.05) is 0 Å². The standard InChI is InChI=1S/C38H76O19/c1-38(2,3)57-37(40)36-56-35-34-55-33-32-54-31-30-53-29-28-52-27-26-51-25-24-50-23-22-49-21-20-48-19-18-47-17-16-46-15-14-45-13-12-44-11-10-43-9-8-42-7-6-41-5-4-39/h39H,4-36H2,1-3H3. The molecule has 19 nitrogen and oxygen atoms in total. The molecule has 0 unspecified atom stereocenters. The highest BCUT2D eigenvalue weighted by Gasteiger charge is 2.15. The Kier molecular flexibility index (Phi) is 46.5. The maximum atomic E-state index is 11.5. The maximum absolute atomic E-state index is 11.5. The van der Waals surface area contributed by atoms with Crippen LogP contribution in [-0.2, 0) is 85.3 Å². The Labute approximate surface area is 340 Å². The predicted molar refractivity (Wildman–Crippen MR) is 206 cm³/mol. The number of carbonyl (C=O) groups excluding carboxylic acids is 1. The molecule has 0 spiro atoms. The average molecular weight is 837 g/mol.